The molecule has 4 nitrogen and oxygen atoms in total. The third-order valence-electron chi connectivity index (χ3n) is 11.2. The maximum atomic E-state index is 11.8. The molecule has 2 heterocycles. The van der Waals surface area contributed by atoms with Gasteiger partial charge in [-0.25, -0.2) is 0 Å². The number of carbonyl (C=O) groups excluding carboxylic acids is 1. The van der Waals surface area contributed by atoms with E-state index in [2.05, 4.69) is 82.4 Å². The SMILES string of the molecule is Cc1[c-]c(-c2ncc(C(C)C)c3cc(C4CCCC4)ccc23)c2oc3cc(C)ccc3c2c1.O=C(/C=C(\O)C1CCCC1)C1CCCC1.[Ir]. The van der Waals surface area contributed by atoms with Gasteiger partial charge in [0.05, 0.1) is 11.3 Å². The Morgan fingerprint density at radius 2 is 1.49 bits per heavy atom. The summed E-state index contributed by atoms with van der Waals surface area (Å²) in [6.45, 7) is 8.74. The monoisotopic (exact) mass is 833 g/mol. The molecule has 0 saturated heterocycles. The number of rotatable bonds is 6. The van der Waals surface area contributed by atoms with Crippen molar-refractivity contribution in [3.8, 4) is 11.3 Å². The van der Waals surface area contributed by atoms with E-state index in [1.165, 1.54) is 84.9 Å². The number of pyridine rings is 1. The number of aliphatic hydroxyl groups excluding tert-OH is 1. The van der Waals surface area contributed by atoms with Gasteiger partial charge in [0.15, 0.2) is 5.78 Å². The molecule has 5 heteroatoms. The molecule has 5 aromatic rings. The number of furan rings is 1. The molecule has 3 fully saturated rings. The van der Waals surface area contributed by atoms with Gasteiger partial charge >= 0.3 is 0 Å². The van der Waals surface area contributed by atoms with Crippen molar-refractivity contribution in [2.24, 2.45) is 11.8 Å². The van der Waals surface area contributed by atoms with E-state index < -0.39 is 0 Å². The molecule has 0 spiro atoms. The summed E-state index contributed by atoms with van der Waals surface area (Å²) in [5.41, 5.74) is 8.85. The first-order chi connectivity index (χ1) is 23.3. The summed E-state index contributed by atoms with van der Waals surface area (Å²) >= 11 is 0. The summed E-state index contributed by atoms with van der Waals surface area (Å²) in [5, 5.41) is 14.6. The van der Waals surface area contributed by atoms with Gasteiger partial charge in [0.2, 0.25) is 0 Å². The average molecular weight is 833 g/mol. The molecule has 8 rings (SSSR count). The second kappa shape index (κ2) is 15.3. The first-order valence-corrected chi connectivity index (χ1v) is 18.5. The number of aromatic nitrogens is 1. The Morgan fingerprint density at radius 1 is 0.837 bits per heavy atom. The van der Waals surface area contributed by atoms with Gasteiger partial charge in [-0.1, -0.05) is 101 Å². The zero-order chi connectivity index (χ0) is 33.4. The number of hydrogen-bond acceptors (Lipinski definition) is 4. The van der Waals surface area contributed by atoms with E-state index >= 15 is 0 Å². The Morgan fingerprint density at radius 3 is 2.18 bits per heavy atom. The molecule has 3 aliphatic carbocycles. The van der Waals surface area contributed by atoms with Crippen LogP contribution in [-0.4, -0.2) is 15.9 Å². The second-order valence-electron chi connectivity index (χ2n) is 15.1. The normalized spacial score (nSPS) is 17.7. The summed E-state index contributed by atoms with van der Waals surface area (Å²) in [7, 11) is 0. The molecule has 49 heavy (non-hydrogen) atoms. The van der Waals surface area contributed by atoms with Crippen LogP contribution in [0.1, 0.15) is 125 Å². The van der Waals surface area contributed by atoms with Crippen molar-refractivity contribution < 1.29 is 34.4 Å². The Kier molecular flexibility index (Phi) is 11.1. The van der Waals surface area contributed by atoms with Crippen molar-refractivity contribution in [1.82, 2.24) is 4.98 Å². The number of nitrogens with zero attached hydrogens (tertiary/aromatic N) is 1. The summed E-state index contributed by atoms with van der Waals surface area (Å²) in [4.78, 5) is 16.8. The molecule has 0 aliphatic heterocycles. The predicted octanol–water partition coefficient (Wildman–Crippen LogP) is 12.4. The fourth-order valence-electron chi connectivity index (χ4n) is 8.49. The minimum atomic E-state index is 0. The van der Waals surface area contributed by atoms with Crippen molar-refractivity contribution in [2.45, 2.75) is 117 Å². The fourth-order valence-corrected chi connectivity index (χ4v) is 8.49. The quantitative estimate of drug-likeness (QED) is 0.105. The smallest absolute Gasteiger partial charge is 0.162 e. The Hall–Kier alpha value is -3.27. The van der Waals surface area contributed by atoms with Crippen LogP contribution in [-0.2, 0) is 24.9 Å². The second-order valence-corrected chi connectivity index (χ2v) is 15.1. The first kappa shape index (κ1) is 35.6. The van der Waals surface area contributed by atoms with Crippen molar-refractivity contribution in [3.05, 3.63) is 88.8 Å². The molecule has 0 atom stereocenters. The van der Waals surface area contributed by atoms with Gasteiger partial charge in [-0.2, -0.15) is 0 Å². The van der Waals surface area contributed by atoms with E-state index in [1.807, 2.05) is 0 Å². The topological polar surface area (TPSA) is 63.3 Å². The van der Waals surface area contributed by atoms with Crippen molar-refractivity contribution in [3.63, 3.8) is 0 Å². The van der Waals surface area contributed by atoms with E-state index in [0.29, 0.717) is 17.6 Å². The van der Waals surface area contributed by atoms with Crippen molar-refractivity contribution >= 4 is 38.5 Å². The summed E-state index contributed by atoms with van der Waals surface area (Å²) < 4.78 is 6.43. The van der Waals surface area contributed by atoms with Crippen LogP contribution >= 0.6 is 0 Å². The standard InChI is InChI=1S/C31H30NO.C13H20O2.Ir/c1-18(2)28-17-32-30(24-12-10-22(16-25(24)28)21-7-5-6-8-21)27-14-20(4)13-26-23-11-9-19(3)15-29(23)33-31(26)27;14-12(10-5-1-2-6-10)9-13(15)11-7-3-4-8-11;/h9-13,15-18,21H,5-8H2,1-4H3;9-11,14H,1-8H2;/q-1;;/b;12-9-;. The predicted molar refractivity (Wildman–Crippen MR) is 198 cm³/mol. The van der Waals surface area contributed by atoms with Gasteiger partial charge < -0.3 is 14.5 Å². The maximum Gasteiger partial charge on any atom is 0.162 e. The molecule has 0 bridgehead atoms. The van der Waals surface area contributed by atoms with Crippen LogP contribution in [0.25, 0.3) is 44.0 Å². The molecule has 1 radical (unpaired) electrons. The number of carbonyl (C=O) groups is 1. The van der Waals surface area contributed by atoms with Gasteiger partial charge in [-0.3, -0.25) is 4.79 Å². The minimum absolute atomic E-state index is 0. The van der Waals surface area contributed by atoms with E-state index in [0.717, 1.165) is 64.4 Å². The van der Waals surface area contributed by atoms with Gasteiger partial charge in [0.25, 0.3) is 0 Å². The summed E-state index contributed by atoms with van der Waals surface area (Å²) in [6, 6.07) is 19.3. The molecule has 259 valence electrons. The zero-order valence-corrected chi connectivity index (χ0v) is 31.9. The van der Waals surface area contributed by atoms with Gasteiger partial charge in [-0.15, -0.1) is 17.7 Å². The van der Waals surface area contributed by atoms with Crippen LogP contribution in [0.4, 0.5) is 0 Å². The Bertz CT molecular complexity index is 1980. The summed E-state index contributed by atoms with van der Waals surface area (Å²) in [5.74, 6) is 2.11. The number of allylic oxidation sites excluding steroid dienone is 2. The van der Waals surface area contributed by atoms with Crippen LogP contribution in [0, 0.1) is 31.7 Å². The number of hydrogen-bond donors (Lipinski definition) is 1. The molecule has 0 unspecified atom stereocenters. The van der Waals surface area contributed by atoms with E-state index in [1.54, 1.807) is 0 Å². The summed E-state index contributed by atoms with van der Waals surface area (Å²) in [6.07, 6.45) is 17.8. The zero-order valence-electron chi connectivity index (χ0n) is 29.5. The average Bonchev–Trinajstić information content (AvgIpc) is 3.91. The number of ketones is 1. The Labute approximate surface area is 305 Å². The number of benzene rings is 3. The third kappa shape index (κ3) is 7.45. The molecule has 0 amide bonds. The molecular formula is C44H50IrNO3-. The van der Waals surface area contributed by atoms with Crippen LogP contribution in [0.2, 0.25) is 0 Å². The van der Waals surface area contributed by atoms with Gasteiger partial charge in [0, 0.05) is 49.6 Å². The third-order valence-corrected chi connectivity index (χ3v) is 11.2. The largest absolute Gasteiger partial charge is 0.512 e. The maximum absolute atomic E-state index is 11.8. The number of aryl methyl sites for hydroxylation is 2. The molecule has 2 aromatic heterocycles. The van der Waals surface area contributed by atoms with Crippen LogP contribution < -0.4 is 0 Å². The van der Waals surface area contributed by atoms with Crippen molar-refractivity contribution in [1.29, 1.82) is 0 Å². The molecule has 3 aliphatic rings. The molecule has 1 N–H and O–H groups in total. The Balaban J connectivity index is 0.000000220. The molecular weight excluding hydrogens is 783 g/mol. The number of aliphatic hydroxyl groups is 1. The molecule has 3 saturated carbocycles. The van der Waals surface area contributed by atoms with Crippen LogP contribution in [0.15, 0.2) is 64.9 Å². The van der Waals surface area contributed by atoms with E-state index in [4.69, 9.17) is 9.40 Å². The van der Waals surface area contributed by atoms with Crippen LogP contribution in [0.5, 0.6) is 0 Å². The molecule has 3 aromatic carbocycles. The van der Waals surface area contributed by atoms with E-state index in [-0.39, 0.29) is 37.7 Å². The fraction of sp³-hybridized carbons (Fsp3) is 0.455. The first-order valence-electron chi connectivity index (χ1n) is 18.5. The number of fused-ring (bicyclic) bond motifs is 4. The van der Waals surface area contributed by atoms with Crippen molar-refractivity contribution in [2.75, 3.05) is 0 Å². The van der Waals surface area contributed by atoms with Gasteiger partial charge in [0.1, 0.15) is 5.58 Å². The minimum Gasteiger partial charge on any atom is -0.512 e. The van der Waals surface area contributed by atoms with Gasteiger partial charge in [-0.05, 0) is 96.5 Å². The van der Waals surface area contributed by atoms with Crippen LogP contribution in [0.3, 0.4) is 0 Å². The van der Waals surface area contributed by atoms with E-state index in [9.17, 15) is 9.90 Å².